The van der Waals surface area contributed by atoms with Gasteiger partial charge in [0.05, 0.1) is 20.8 Å². The van der Waals surface area contributed by atoms with E-state index < -0.39 is 5.97 Å². The maximum atomic E-state index is 11.1. The topological polar surface area (TPSA) is 94.2 Å². The number of nitriles is 1. The molecule has 2 aromatic heterocycles. The van der Waals surface area contributed by atoms with Crippen molar-refractivity contribution in [2.75, 3.05) is 0 Å². The van der Waals surface area contributed by atoms with E-state index >= 15 is 0 Å². The van der Waals surface area contributed by atoms with E-state index in [-0.39, 0.29) is 10.6 Å². The Kier molecular flexibility index (Phi) is 3.12. The Morgan fingerprint density at radius 1 is 1.33 bits per heavy atom. The number of aryl methyl sites for hydroxylation is 1. The number of hydrogen-bond acceptors (Lipinski definition) is 6. The van der Waals surface area contributed by atoms with Gasteiger partial charge < -0.3 is 10.2 Å². The van der Waals surface area contributed by atoms with Crippen LogP contribution in [0.15, 0.2) is 18.2 Å². The second-order valence-corrected chi connectivity index (χ2v) is 6.42. The number of benzene rings is 1. The standard InChI is InChI=1S/C14H8N2O3S2/c1-6-11(14(18)19)21-13(16-6)10-4-7-2-9(17)3-8(5-15)12(7)20-10/h2-4,17H,1H3,(H,18,19). The fraction of sp³-hybridized carbons (Fsp3) is 0.0714. The Morgan fingerprint density at radius 2 is 2.10 bits per heavy atom. The summed E-state index contributed by atoms with van der Waals surface area (Å²) >= 11 is 2.47. The molecule has 0 radical (unpaired) electrons. The van der Waals surface area contributed by atoms with Crippen LogP contribution in [0, 0.1) is 18.3 Å². The summed E-state index contributed by atoms with van der Waals surface area (Å²) in [6.45, 7) is 1.66. The average molecular weight is 316 g/mol. The maximum Gasteiger partial charge on any atom is 0.347 e. The van der Waals surface area contributed by atoms with Crippen molar-refractivity contribution in [1.82, 2.24) is 4.98 Å². The number of thiazole rings is 1. The van der Waals surface area contributed by atoms with E-state index in [0.717, 1.165) is 26.3 Å². The van der Waals surface area contributed by atoms with Crippen molar-refractivity contribution in [3.8, 4) is 21.7 Å². The number of carbonyl (C=O) groups is 1. The zero-order valence-electron chi connectivity index (χ0n) is 10.7. The Morgan fingerprint density at radius 3 is 2.71 bits per heavy atom. The van der Waals surface area contributed by atoms with Crippen molar-refractivity contribution in [3.63, 3.8) is 0 Å². The number of rotatable bonds is 2. The summed E-state index contributed by atoms with van der Waals surface area (Å²) in [6, 6.07) is 6.85. The summed E-state index contributed by atoms with van der Waals surface area (Å²) in [6.07, 6.45) is 0. The van der Waals surface area contributed by atoms with Crippen LogP contribution in [0.3, 0.4) is 0 Å². The minimum atomic E-state index is -0.993. The lowest BCUT2D eigenvalue weighted by atomic mass is 10.1. The highest BCUT2D eigenvalue weighted by atomic mass is 32.1. The second-order valence-electron chi connectivity index (χ2n) is 4.37. The molecule has 21 heavy (non-hydrogen) atoms. The molecule has 5 nitrogen and oxygen atoms in total. The zero-order valence-corrected chi connectivity index (χ0v) is 12.4. The molecule has 3 rings (SSSR count). The number of aromatic hydroxyl groups is 1. The van der Waals surface area contributed by atoms with Crippen LogP contribution < -0.4 is 0 Å². The SMILES string of the molecule is Cc1nc(-c2cc3cc(O)cc(C#N)c3s2)sc1C(=O)O. The monoisotopic (exact) mass is 316 g/mol. The molecule has 0 amide bonds. The number of thiophene rings is 1. The Balaban J connectivity index is 2.20. The van der Waals surface area contributed by atoms with Crippen molar-refractivity contribution in [2.45, 2.75) is 6.92 Å². The molecule has 0 saturated carbocycles. The molecular weight excluding hydrogens is 308 g/mol. The van der Waals surface area contributed by atoms with E-state index in [1.807, 2.05) is 12.1 Å². The lowest BCUT2D eigenvalue weighted by Crippen LogP contribution is -1.94. The van der Waals surface area contributed by atoms with Crippen LogP contribution in [0.2, 0.25) is 0 Å². The van der Waals surface area contributed by atoms with E-state index in [0.29, 0.717) is 16.3 Å². The first-order chi connectivity index (χ1) is 9.99. The van der Waals surface area contributed by atoms with Crippen molar-refractivity contribution < 1.29 is 15.0 Å². The first kappa shape index (κ1) is 13.5. The van der Waals surface area contributed by atoms with Crippen LogP contribution in [0.1, 0.15) is 20.9 Å². The van der Waals surface area contributed by atoms with E-state index in [1.54, 1.807) is 13.0 Å². The number of fused-ring (bicyclic) bond motifs is 1. The fourth-order valence-electron chi connectivity index (χ4n) is 2.03. The minimum absolute atomic E-state index is 0.0324. The largest absolute Gasteiger partial charge is 0.508 e. The molecule has 0 aliphatic carbocycles. The highest BCUT2D eigenvalue weighted by molar-refractivity contribution is 7.26. The molecule has 0 bridgehead atoms. The van der Waals surface area contributed by atoms with Crippen LogP contribution in [0.5, 0.6) is 5.75 Å². The summed E-state index contributed by atoms with van der Waals surface area (Å²) in [7, 11) is 0. The molecule has 0 saturated heterocycles. The summed E-state index contributed by atoms with van der Waals surface area (Å²) in [5.41, 5.74) is 0.872. The summed E-state index contributed by atoms with van der Waals surface area (Å²) in [5, 5.41) is 29.2. The van der Waals surface area contributed by atoms with Crippen LogP contribution in [0.25, 0.3) is 20.0 Å². The van der Waals surface area contributed by atoms with Gasteiger partial charge in [0.15, 0.2) is 0 Å². The normalized spacial score (nSPS) is 10.7. The van der Waals surface area contributed by atoms with Crippen LogP contribution >= 0.6 is 22.7 Å². The van der Waals surface area contributed by atoms with E-state index in [1.165, 1.54) is 17.4 Å². The Bertz CT molecular complexity index is 918. The van der Waals surface area contributed by atoms with Gasteiger partial charge >= 0.3 is 5.97 Å². The third-order valence-electron chi connectivity index (χ3n) is 2.92. The van der Waals surface area contributed by atoms with Gasteiger partial charge in [-0.05, 0) is 30.5 Å². The second kappa shape index (κ2) is 4.84. The van der Waals surface area contributed by atoms with Gasteiger partial charge in [-0.15, -0.1) is 22.7 Å². The summed E-state index contributed by atoms with van der Waals surface area (Å²) in [4.78, 5) is 16.4. The molecule has 0 atom stereocenters. The van der Waals surface area contributed by atoms with Gasteiger partial charge in [-0.3, -0.25) is 0 Å². The molecule has 2 heterocycles. The molecule has 104 valence electrons. The van der Waals surface area contributed by atoms with Gasteiger partial charge in [-0.1, -0.05) is 0 Å². The van der Waals surface area contributed by atoms with Gasteiger partial charge in [0.1, 0.15) is 21.7 Å². The molecule has 0 unspecified atom stereocenters. The smallest absolute Gasteiger partial charge is 0.347 e. The third-order valence-corrected chi connectivity index (χ3v) is 5.42. The predicted molar refractivity (Wildman–Crippen MR) is 81.0 cm³/mol. The van der Waals surface area contributed by atoms with Crippen molar-refractivity contribution in [1.29, 1.82) is 5.26 Å². The van der Waals surface area contributed by atoms with Gasteiger partial charge in [0.2, 0.25) is 0 Å². The molecule has 0 aliphatic heterocycles. The number of phenolic OH excluding ortho intramolecular Hbond substituents is 1. The lowest BCUT2D eigenvalue weighted by Gasteiger charge is -1.94. The molecule has 0 aliphatic rings. The minimum Gasteiger partial charge on any atom is -0.508 e. The quantitative estimate of drug-likeness (QED) is 0.753. The molecule has 0 spiro atoms. The maximum absolute atomic E-state index is 11.1. The average Bonchev–Trinajstić information content (AvgIpc) is 3.00. The fourth-order valence-corrected chi connectivity index (χ4v) is 4.08. The Labute approximate surface area is 127 Å². The molecule has 0 fully saturated rings. The number of aromatic nitrogens is 1. The number of carboxylic acid groups (broad SMARTS) is 1. The number of hydrogen-bond donors (Lipinski definition) is 2. The van der Waals surface area contributed by atoms with Gasteiger partial charge in [0, 0.05) is 0 Å². The first-order valence-electron chi connectivity index (χ1n) is 5.87. The summed E-state index contributed by atoms with van der Waals surface area (Å²) < 4.78 is 0.759. The van der Waals surface area contributed by atoms with Crippen LogP contribution in [-0.2, 0) is 0 Å². The molecule has 1 aromatic carbocycles. The zero-order chi connectivity index (χ0) is 15.1. The van der Waals surface area contributed by atoms with Gasteiger partial charge in [-0.2, -0.15) is 5.26 Å². The third kappa shape index (κ3) is 2.24. The molecule has 7 heteroatoms. The highest BCUT2D eigenvalue weighted by Crippen LogP contribution is 2.39. The van der Waals surface area contributed by atoms with E-state index in [4.69, 9.17) is 10.4 Å². The summed E-state index contributed by atoms with van der Waals surface area (Å²) in [5.74, 6) is -0.960. The van der Waals surface area contributed by atoms with Crippen LogP contribution in [0.4, 0.5) is 0 Å². The number of aromatic carboxylic acids is 1. The molecular formula is C14H8N2O3S2. The van der Waals surface area contributed by atoms with Crippen LogP contribution in [-0.4, -0.2) is 21.2 Å². The molecule has 2 N–H and O–H groups in total. The highest BCUT2D eigenvalue weighted by Gasteiger charge is 2.17. The number of carboxylic acids is 1. The molecule has 3 aromatic rings. The number of nitrogens with zero attached hydrogens (tertiary/aromatic N) is 2. The Hall–Kier alpha value is -2.43. The van der Waals surface area contributed by atoms with Gasteiger partial charge in [0.25, 0.3) is 0 Å². The van der Waals surface area contributed by atoms with Gasteiger partial charge in [-0.25, -0.2) is 9.78 Å². The van der Waals surface area contributed by atoms with E-state index in [2.05, 4.69) is 4.98 Å². The number of phenols is 1. The van der Waals surface area contributed by atoms with Crippen molar-refractivity contribution in [3.05, 3.63) is 34.3 Å². The predicted octanol–water partition coefficient (Wildman–Crippen LogP) is 3.61. The van der Waals surface area contributed by atoms with Crippen molar-refractivity contribution >= 4 is 38.7 Å². The first-order valence-corrected chi connectivity index (χ1v) is 7.50. The van der Waals surface area contributed by atoms with E-state index in [9.17, 15) is 9.90 Å². The van der Waals surface area contributed by atoms with Crippen molar-refractivity contribution in [2.24, 2.45) is 0 Å². The lowest BCUT2D eigenvalue weighted by molar-refractivity contribution is 0.0701.